The average molecular weight is 284 g/mol. The van der Waals surface area contributed by atoms with Gasteiger partial charge in [-0.1, -0.05) is 4.49 Å². The van der Waals surface area contributed by atoms with Gasteiger partial charge in [0.2, 0.25) is 0 Å². The Bertz CT molecular complexity index is 437. The molecule has 1 aliphatic rings. The lowest BCUT2D eigenvalue weighted by Gasteiger charge is -2.35. The van der Waals surface area contributed by atoms with Gasteiger partial charge in [0.25, 0.3) is 0 Å². The van der Waals surface area contributed by atoms with E-state index >= 15 is 0 Å². The second-order valence-corrected chi connectivity index (χ2v) is 5.27. The summed E-state index contributed by atoms with van der Waals surface area (Å²) in [5.74, 6) is -0.822. The molecule has 0 bridgehead atoms. The molecule has 1 unspecified atom stereocenters. The summed E-state index contributed by atoms with van der Waals surface area (Å²) >= 11 is 1.12. The second kappa shape index (κ2) is 6.46. The summed E-state index contributed by atoms with van der Waals surface area (Å²) in [6, 6.07) is -0.188. The number of carbonyl (C=O) groups excluding carboxylic acids is 1. The lowest BCUT2D eigenvalue weighted by molar-refractivity contribution is -0.137. The van der Waals surface area contributed by atoms with Gasteiger partial charge in [0, 0.05) is 30.5 Å². The van der Waals surface area contributed by atoms with Crippen molar-refractivity contribution in [2.45, 2.75) is 38.1 Å². The molecule has 0 aliphatic carbocycles. The van der Waals surface area contributed by atoms with Crippen LogP contribution in [0, 0.1) is 0 Å². The maximum Gasteiger partial charge on any atom is 0.322 e. The first-order valence-electron chi connectivity index (χ1n) is 6.23. The average Bonchev–Trinajstić information content (AvgIpc) is 2.89. The number of anilines is 1. The Labute approximate surface area is 114 Å². The quantitative estimate of drug-likeness (QED) is 0.878. The number of aliphatic carboxylic acids is 1. The summed E-state index contributed by atoms with van der Waals surface area (Å²) in [6.45, 7) is 0.669. The first kappa shape index (κ1) is 13.7. The SMILES string of the molecule is O=C(O)CCC1CCCCN1C(=O)Nc1cnns1. The minimum absolute atomic E-state index is 0.00531. The van der Waals surface area contributed by atoms with Crippen molar-refractivity contribution in [2.75, 3.05) is 11.9 Å². The molecular formula is C11H16N4O3S. The number of rotatable bonds is 4. The van der Waals surface area contributed by atoms with Crippen LogP contribution in [0.25, 0.3) is 0 Å². The van der Waals surface area contributed by atoms with Crippen molar-refractivity contribution in [2.24, 2.45) is 0 Å². The smallest absolute Gasteiger partial charge is 0.322 e. The van der Waals surface area contributed by atoms with Crippen LogP contribution < -0.4 is 5.32 Å². The summed E-state index contributed by atoms with van der Waals surface area (Å²) < 4.78 is 3.68. The van der Waals surface area contributed by atoms with Crippen molar-refractivity contribution in [1.29, 1.82) is 0 Å². The second-order valence-electron chi connectivity index (χ2n) is 4.49. The maximum absolute atomic E-state index is 12.1. The Morgan fingerprint density at radius 2 is 2.37 bits per heavy atom. The van der Waals surface area contributed by atoms with Crippen LogP contribution in [0.5, 0.6) is 0 Å². The number of hydrogen-bond donors (Lipinski definition) is 2. The predicted octanol–water partition coefficient (Wildman–Crippen LogP) is 1.79. The van der Waals surface area contributed by atoms with E-state index in [9.17, 15) is 9.59 Å². The van der Waals surface area contributed by atoms with Crippen molar-refractivity contribution in [3.05, 3.63) is 6.20 Å². The number of hydrogen-bond acceptors (Lipinski definition) is 5. The van der Waals surface area contributed by atoms with E-state index in [2.05, 4.69) is 14.9 Å². The topological polar surface area (TPSA) is 95.4 Å². The molecule has 1 fully saturated rings. The number of piperidine rings is 1. The van der Waals surface area contributed by atoms with Gasteiger partial charge in [-0.15, -0.1) is 5.10 Å². The number of carbonyl (C=O) groups is 2. The molecule has 1 aliphatic heterocycles. The number of aromatic nitrogens is 2. The van der Waals surface area contributed by atoms with Crippen LogP contribution in [0.2, 0.25) is 0 Å². The minimum atomic E-state index is -0.822. The lowest BCUT2D eigenvalue weighted by atomic mass is 9.98. The van der Waals surface area contributed by atoms with E-state index in [-0.39, 0.29) is 18.5 Å². The number of likely N-dealkylation sites (tertiary alicyclic amines) is 1. The third kappa shape index (κ3) is 3.88. The molecule has 1 aromatic rings. The molecule has 1 aromatic heterocycles. The number of urea groups is 1. The van der Waals surface area contributed by atoms with Gasteiger partial charge in [0.05, 0.1) is 6.20 Å². The fourth-order valence-electron chi connectivity index (χ4n) is 2.26. The normalized spacial score (nSPS) is 19.2. The number of carboxylic acids is 1. The molecular weight excluding hydrogens is 268 g/mol. The van der Waals surface area contributed by atoms with Crippen molar-refractivity contribution < 1.29 is 14.7 Å². The van der Waals surface area contributed by atoms with Crippen LogP contribution in [0.15, 0.2) is 6.20 Å². The van der Waals surface area contributed by atoms with Crippen molar-refractivity contribution in [1.82, 2.24) is 14.5 Å². The van der Waals surface area contributed by atoms with Gasteiger partial charge >= 0.3 is 12.0 Å². The largest absolute Gasteiger partial charge is 0.481 e. The molecule has 2 N–H and O–H groups in total. The Balaban J connectivity index is 1.94. The molecule has 19 heavy (non-hydrogen) atoms. The van der Waals surface area contributed by atoms with Gasteiger partial charge in [0.1, 0.15) is 5.00 Å². The van der Waals surface area contributed by atoms with E-state index in [1.54, 1.807) is 4.90 Å². The Kier molecular flexibility index (Phi) is 4.67. The number of amides is 2. The van der Waals surface area contributed by atoms with Gasteiger partial charge in [-0.2, -0.15) is 0 Å². The molecule has 2 rings (SSSR count). The third-order valence-corrected chi connectivity index (χ3v) is 3.75. The van der Waals surface area contributed by atoms with Crippen LogP contribution in [0.4, 0.5) is 9.80 Å². The first-order chi connectivity index (χ1) is 9.16. The van der Waals surface area contributed by atoms with Gasteiger partial charge in [-0.05, 0) is 25.7 Å². The molecule has 0 aromatic carbocycles. The highest BCUT2D eigenvalue weighted by molar-refractivity contribution is 7.10. The molecule has 7 nitrogen and oxygen atoms in total. The fourth-order valence-corrected chi connectivity index (χ4v) is 2.67. The Morgan fingerprint density at radius 3 is 3.05 bits per heavy atom. The highest BCUT2D eigenvalue weighted by atomic mass is 32.1. The number of nitrogens with zero attached hydrogens (tertiary/aromatic N) is 3. The minimum Gasteiger partial charge on any atom is -0.481 e. The zero-order valence-electron chi connectivity index (χ0n) is 10.4. The van der Waals surface area contributed by atoms with Gasteiger partial charge < -0.3 is 10.0 Å². The number of carboxylic acid groups (broad SMARTS) is 1. The standard InChI is InChI=1S/C11H16N4O3S/c16-10(17)5-4-8-3-1-2-6-15(8)11(18)13-9-7-12-14-19-9/h7-8H,1-6H2,(H,13,18)(H,16,17). The molecule has 2 amide bonds. The predicted molar refractivity (Wildman–Crippen MR) is 70.1 cm³/mol. The molecule has 8 heteroatoms. The maximum atomic E-state index is 12.1. The summed E-state index contributed by atoms with van der Waals surface area (Å²) in [5, 5.41) is 15.7. The molecule has 2 heterocycles. The zero-order chi connectivity index (χ0) is 13.7. The molecule has 0 radical (unpaired) electrons. The summed E-state index contributed by atoms with van der Waals surface area (Å²) in [6.07, 6.45) is 4.95. The van der Waals surface area contributed by atoms with Crippen LogP contribution in [-0.2, 0) is 4.79 Å². The Hall–Kier alpha value is -1.70. The van der Waals surface area contributed by atoms with E-state index < -0.39 is 5.97 Å². The van der Waals surface area contributed by atoms with Crippen molar-refractivity contribution in [3.8, 4) is 0 Å². The van der Waals surface area contributed by atoms with E-state index in [1.807, 2.05) is 0 Å². The molecule has 104 valence electrons. The van der Waals surface area contributed by atoms with Gasteiger partial charge in [0.15, 0.2) is 0 Å². The summed E-state index contributed by atoms with van der Waals surface area (Å²) in [7, 11) is 0. The first-order valence-corrected chi connectivity index (χ1v) is 7.01. The highest BCUT2D eigenvalue weighted by Gasteiger charge is 2.27. The van der Waals surface area contributed by atoms with Crippen molar-refractivity contribution >= 4 is 28.5 Å². The lowest BCUT2D eigenvalue weighted by Crippen LogP contribution is -2.46. The number of nitrogens with one attached hydrogen (secondary N) is 1. The monoisotopic (exact) mass is 284 g/mol. The van der Waals surface area contributed by atoms with E-state index in [0.717, 1.165) is 30.8 Å². The third-order valence-electron chi connectivity index (χ3n) is 3.17. The van der Waals surface area contributed by atoms with Crippen molar-refractivity contribution in [3.63, 3.8) is 0 Å². The van der Waals surface area contributed by atoms with E-state index in [0.29, 0.717) is 18.0 Å². The Morgan fingerprint density at radius 1 is 1.53 bits per heavy atom. The fraction of sp³-hybridized carbons (Fsp3) is 0.636. The van der Waals surface area contributed by atoms with Crippen LogP contribution in [0.1, 0.15) is 32.1 Å². The van der Waals surface area contributed by atoms with Gasteiger partial charge in [-0.3, -0.25) is 10.1 Å². The summed E-state index contributed by atoms with van der Waals surface area (Å²) in [4.78, 5) is 24.5. The molecule has 0 saturated carbocycles. The van der Waals surface area contributed by atoms with E-state index in [4.69, 9.17) is 5.11 Å². The van der Waals surface area contributed by atoms with E-state index in [1.165, 1.54) is 6.20 Å². The summed E-state index contributed by atoms with van der Waals surface area (Å²) in [5.41, 5.74) is 0. The molecule has 1 saturated heterocycles. The van der Waals surface area contributed by atoms with Crippen LogP contribution in [0.3, 0.4) is 0 Å². The zero-order valence-corrected chi connectivity index (χ0v) is 11.2. The van der Waals surface area contributed by atoms with Gasteiger partial charge in [-0.25, -0.2) is 4.79 Å². The highest BCUT2D eigenvalue weighted by Crippen LogP contribution is 2.22. The molecule has 0 spiro atoms. The molecule has 1 atom stereocenters. The van der Waals surface area contributed by atoms with Crippen LogP contribution >= 0.6 is 11.5 Å². The van der Waals surface area contributed by atoms with Crippen LogP contribution in [-0.4, -0.2) is 44.2 Å².